The van der Waals surface area contributed by atoms with E-state index in [1.807, 2.05) is 0 Å². The van der Waals surface area contributed by atoms with E-state index in [1.165, 1.54) is 26.4 Å². The van der Waals surface area contributed by atoms with Gasteiger partial charge in [0.25, 0.3) is 0 Å². The minimum atomic E-state index is -1.23. The fraction of sp³-hybridized carbons (Fsp3) is 0.529. The number of ether oxygens (including phenoxy) is 1. The molecule has 6 heteroatoms. The molecule has 0 saturated heterocycles. The van der Waals surface area contributed by atoms with Crippen molar-refractivity contribution in [2.24, 2.45) is 11.3 Å². The van der Waals surface area contributed by atoms with Crippen LogP contribution in [0.4, 0.5) is 10.1 Å². The second-order valence-electron chi connectivity index (χ2n) is 6.62. The molecule has 1 spiro atoms. The van der Waals surface area contributed by atoms with Crippen LogP contribution in [0.15, 0.2) is 12.1 Å². The van der Waals surface area contributed by atoms with E-state index in [0.717, 1.165) is 31.4 Å². The summed E-state index contributed by atoms with van der Waals surface area (Å²) >= 11 is 0. The number of carbonyl (C=O) groups is 2. The molecule has 1 unspecified atom stereocenters. The molecule has 0 bridgehead atoms. The van der Waals surface area contributed by atoms with Gasteiger partial charge in [-0.05, 0) is 43.6 Å². The molecule has 1 aromatic carbocycles. The van der Waals surface area contributed by atoms with E-state index >= 15 is 0 Å². The van der Waals surface area contributed by atoms with Crippen molar-refractivity contribution in [2.45, 2.75) is 38.5 Å². The van der Waals surface area contributed by atoms with E-state index in [9.17, 15) is 14.0 Å². The van der Waals surface area contributed by atoms with E-state index in [4.69, 9.17) is 9.84 Å². The van der Waals surface area contributed by atoms with Crippen LogP contribution >= 0.6 is 0 Å². The first-order valence-electron chi connectivity index (χ1n) is 7.86. The van der Waals surface area contributed by atoms with Crippen molar-refractivity contribution in [3.63, 3.8) is 0 Å². The number of hydrogen-bond donors (Lipinski definition) is 2. The van der Waals surface area contributed by atoms with Crippen LogP contribution in [0, 0.1) is 17.2 Å². The summed E-state index contributed by atoms with van der Waals surface area (Å²) in [5.74, 6) is -2.34. The minimum absolute atomic E-state index is 0.0673. The number of carboxylic acids is 1. The van der Waals surface area contributed by atoms with Crippen molar-refractivity contribution in [1.29, 1.82) is 0 Å². The van der Waals surface area contributed by atoms with Crippen LogP contribution in [0.3, 0.4) is 0 Å². The number of halogens is 1. The smallest absolute Gasteiger partial charge is 0.339 e. The predicted octanol–water partition coefficient (Wildman–Crippen LogP) is 3.44. The summed E-state index contributed by atoms with van der Waals surface area (Å²) < 4.78 is 18.9. The highest BCUT2D eigenvalue weighted by atomic mass is 19.1. The van der Waals surface area contributed by atoms with Crippen LogP contribution in [0.2, 0.25) is 0 Å². The number of hydrogen-bond acceptors (Lipinski definition) is 3. The zero-order valence-electron chi connectivity index (χ0n) is 13.0. The number of methoxy groups -OCH3 is 1. The zero-order chi connectivity index (χ0) is 16.6. The molecule has 0 aromatic heterocycles. The number of amides is 1. The third-order valence-corrected chi connectivity index (χ3v) is 5.26. The fourth-order valence-electron chi connectivity index (χ4n) is 3.78. The SMILES string of the molecule is COc1cc(F)c(NC(=O)C2CCC3(CCC3)C2)cc1C(=O)O. The standard InChI is InChI=1S/C17H20FNO4/c1-23-14-8-12(18)13(7-11(14)16(21)22)19-15(20)10-3-6-17(9-10)4-2-5-17/h7-8,10H,2-6,9H2,1H3,(H,19,20)(H,21,22). The lowest BCUT2D eigenvalue weighted by atomic mass is 9.67. The van der Waals surface area contributed by atoms with Gasteiger partial charge in [-0.25, -0.2) is 9.18 Å². The Morgan fingerprint density at radius 3 is 2.61 bits per heavy atom. The summed E-state index contributed by atoms with van der Waals surface area (Å²) in [6, 6.07) is 2.10. The maximum atomic E-state index is 14.1. The Labute approximate surface area is 133 Å². The third-order valence-electron chi connectivity index (χ3n) is 5.26. The summed E-state index contributed by atoms with van der Waals surface area (Å²) in [7, 11) is 1.27. The highest BCUT2D eigenvalue weighted by Gasteiger charge is 2.45. The molecule has 1 aromatic rings. The largest absolute Gasteiger partial charge is 0.496 e. The summed E-state index contributed by atoms with van der Waals surface area (Å²) in [6.45, 7) is 0. The topological polar surface area (TPSA) is 75.6 Å². The van der Waals surface area contributed by atoms with E-state index < -0.39 is 11.8 Å². The highest BCUT2D eigenvalue weighted by molar-refractivity contribution is 5.96. The second-order valence-corrected chi connectivity index (χ2v) is 6.62. The molecule has 23 heavy (non-hydrogen) atoms. The van der Waals surface area contributed by atoms with Crippen molar-refractivity contribution in [2.75, 3.05) is 12.4 Å². The zero-order valence-corrected chi connectivity index (χ0v) is 13.0. The summed E-state index contributed by atoms with van der Waals surface area (Å²) in [5, 5.41) is 11.7. The molecule has 5 nitrogen and oxygen atoms in total. The molecule has 0 radical (unpaired) electrons. The van der Waals surface area contributed by atoms with Gasteiger partial charge in [0, 0.05) is 12.0 Å². The van der Waals surface area contributed by atoms with Gasteiger partial charge in [0.1, 0.15) is 17.1 Å². The molecule has 2 N–H and O–H groups in total. The number of carboxylic acid groups (broad SMARTS) is 1. The Balaban J connectivity index is 1.75. The summed E-state index contributed by atoms with van der Waals surface area (Å²) in [6.07, 6.45) is 6.30. The van der Waals surface area contributed by atoms with Gasteiger partial charge in [-0.3, -0.25) is 4.79 Å². The molecule has 3 rings (SSSR count). The van der Waals surface area contributed by atoms with Gasteiger partial charge >= 0.3 is 5.97 Å². The number of anilines is 1. The van der Waals surface area contributed by atoms with E-state index in [-0.39, 0.29) is 28.8 Å². The first-order chi connectivity index (χ1) is 10.9. The highest BCUT2D eigenvalue weighted by Crippen LogP contribution is 2.55. The van der Waals surface area contributed by atoms with Gasteiger partial charge in [0.05, 0.1) is 12.8 Å². The van der Waals surface area contributed by atoms with Gasteiger partial charge in [-0.15, -0.1) is 0 Å². The van der Waals surface area contributed by atoms with Crippen molar-refractivity contribution >= 4 is 17.6 Å². The first kappa shape index (κ1) is 15.8. The quantitative estimate of drug-likeness (QED) is 0.890. The Morgan fingerprint density at radius 1 is 1.35 bits per heavy atom. The summed E-state index contributed by atoms with van der Waals surface area (Å²) in [5.41, 5.74) is 0.0426. The van der Waals surface area contributed by atoms with Gasteiger partial charge in [0.2, 0.25) is 5.91 Å². The van der Waals surface area contributed by atoms with Gasteiger partial charge in [0.15, 0.2) is 0 Å². The molecule has 2 aliphatic carbocycles. The van der Waals surface area contributed by atoms with Crippen LogP contribution in [-0.2, 0) is 4.79 Å². The average Bonchev–Trinajstić information content (AvgIpc) is 2.94. The second kappa shape index (κ2) is 5.83. The van der Waals surface area contributed by atoms with Gasteiger partial charge < -0.3 is 15.2 Å². The monoisotopic (exact) mass is 321 g/mol. The van der Waals surface area contributed by atoms with Gasteiger partial charge in [-0.1, -0.05) is 6.42 Å². The fourth-order valence-corrected chi connectivity index (χ4v) is 3.78. The van der Waals surface area contributed by atoms with Crippen LogP contribution in [0.5, 0.6) is 5.75 Å². The maximum absolute atomic E-state index is 14.1. The predicted molar refractivity (Wildman–Crippen MR) is 82.2 cm³/mol. The van der Waals surface area contributed by atoms with Crippen LogP contribution in [0.25, 0.3) is 0 Å². The molecule has 2 fully saturated rings. The molecule has 1 amide bonds. The lowest BCUT2D eigenvalue weighted by Gasteiger charge is -2.38. The Kier molecular flexibility index (Phi) is 4.00. The van der Waals surface area contributed by atoms with Crippen molar-refractivity contribution in [1.82, 2.24) is 0 Å². The number of rotatable bonds is 4. The number of benzene rings is 1. The molecular weight excluding hydrogens is 301 g/mol. The average molecular weight is 321 g/mol. The molecule has 2 saturated carbocycles. The Morgan fingerprint density at radius 2 is 2.09 bits per heavy atom. The Hall–Kier alpha value is -2.11. The van der Waals surface area contributed by atoms with Crippen LogP contribution in [0.1, 0.15) is 48.9 Å². The van der Waals surface area contributed by atoms with E-state index in [0.29, 0.717) is 5.41 Å². The number of nitrogens with one attached hydrogen (secondary N) is 1. The molecule has 2 aliphatic rings. The van der Waals surface area contributed by atoms with Gasteiger partial charge in [-0.2, -0.15) is 0 Å². The van der Waals surface area contributed by atoms with Crippen LogP contribution in [-0.4, -0.2) is 24.1 Å². The number of aromatic carboxylic acids is 1. The summed E-state index contributed by atoms with van der Waals surface area (Å²) in [4.78, 5) is 23.6. The molecular formula is C17H20FNO4. The van der Waals surface area contributed by atoms with Crippen molar-refractivity contribution < 1.29 is 23.8 Å². The molecule has 124 valence electrons. The van der Waals surface area contributed by atoms with Crippen LogP contribution < -0.4 is 10.1 Å². The normalized spacial score (nSPS) is 21.7. The van der Waals surface area contributed by atoms with E-state index in [2.05, 4.69) is 5.32 Å². The van der Waals surface area contributed by atoms with E-state index in [1.54, 1.807) is 0 Å². The lowest BCUT2D eigenvalue weighted by Crippen LogP contribution is -2.28. The first-order valence-corrected chi connectivity index (χ1v) is 7.86. The lowest BCUT2D eigenvalue weighted by molar-refractivity contribution is -0.120. The van der Waals surface area contributed by atoms with Crippen molar-refractivity contribution in [3.8, 4) is 5.75 Å². The molecule has 0 aliphatic heterocycles. The Bertz CT molecular complexity index is 654. The number of carbonyl (C=O) groups excluding carboxylic acids is 1. The minimum Gasteiger partial charge on any atom is -0.496 e. The van der Waals surface area contributed by atoms with Crippen molar-refractivity contribution in [3.05, 3.63) is 23.5 Å². The molecule has 0 heterocycles. The third kappa shape index (κ3) is 2.90. The molecule has 1 atom stereocenters. The maximum Gasteiger partial charge on any atom is 0.339 e.